The van der Waals surface area contributed by atoms with Crippen LogP contribution in [0.5, 0.6) is 0 Å². The van der Waals surface area contributed by atoms with Gasteiger partial charge >= 0.3 is 6.09 Å². The molecule has 190 valence electrons. The maximum atomic E-state index is 13.1. The van der Waals surface area contributed by atoms with Gasteiger partial charge in [0, 0.05) is 7.11 Å². The maximum absolute atomic E-state index is 13.1. The van der Waals surface area contributed by atoms with E-state index in [-0.39, 0.29) is 30.4 Å². The molecule has 9 heteroatoms. The number of ether oxygens (including phenoxy) is 3. The largest absolute Gasteiger partial charge is 0.445 e. The molecule has 4 atom stereocenters. The molecule has 1 unspecified atom stereocenters. The van der Waals surface area contributed by atoms with E-state index in [1.165, 1.54) is 7.11 Å². The van der Waals surface area contributed by atoms with Gasteiger partial charge in [0.15, 0.2) is 6.29 Å². The van der Waals surface area contributed by atoms with Gasteiger partial charge in [-0.1, -0.05) is 58.0 Å². The van der Waals surface area contributed by atoms with Crippen molar-refractivity contribution in [3.8, 4) is 0 Å². The number of carbonyl (C=O) groups is 3. The predicted octanol–water partition coefficient (Wildman–Crippen LogP) is 2.74. The molecule has 0 saturated carbocycles. The molecule has 0 aliphatic carbocycles. The summed E-state index contributed by atoms with van der Waals surface area (Å²) in [6.07, 6.45) is 0.312. The molecule has 34 heavy (non-hydrogen) atoms. The summed E-state index contributed by atoms with van der Waals surface area (Å²) in [5.74, 6) is -0.409. The second-order valence-corrected chi connectivity index (χ2v) is 9.46. The van der Waals surface area contributed by atoms with Gasteiger partial charge in [0.1, 0.15) is 18.7 Å². The number of nitrogens with one attached hydrogen (secondary N) is 3. The summed E-state index contributed by atoms with van der Waals surface area (Å²) in [6, 6.07) is 7.45. The monoisotopic (exact) mass is 477 g/mol. The average molecular weight is 478 g/mol. The number of methoxy groups -OCH3 is 1. The van der Waals surface area contributed by atoms with Crippen molar-refractivity contribution in [1.82, 2.24) is 16.0 Å². The van der Waals surface area contributed by atoms with Crippen molar-refractivity contribution < 1.29 is 28.6 Å². The number of benzene rings is 1. The lowest BCUT2D eigenvalue weighted by molar-refractivity contribution is -0.134. The molecule has 0 spiro atoms. The molecule has 1 aliphatic rings. The van der Waals surface area contributed by atoms with Gasteiger partial charge in [-0.3, -0.25) is 9.59 Å². The van der Waals surface area contributed by atoms with E-state index in [4.69, 9.17) is 14.2 Å². The highest BCUT2D eigenvalue weighted by atomic mass is 16.7. The highest BCUT2D eigenvalue weighted by Crippen LogP contribution is 2.15. The topological polar surface area (TPSA) is 115 Å². The molecule has 1 fully saturated rings. The Balaban J connectivity index is 2.00. The number of amides is 3. The Kier molecular flexibility index (Phi) is 11.3. The zero-order valence-corrected chi connectivity index (χ0v) is 20.8. The molecule has 0 aromatic heterocycles. The molecule has 1 heterocycles. The van der Waals surface area contributed by atoms with Crippen LogP contribution in [-0.2, 0) is 30.4 Å². The Morgan fingerprint density at radius 1 is 0.971 bits per heavy atom. The minimum absolute atomic E-state index is 0.102. The van der Waals surface area contributed by atoms with Crippen molar-refractivity contribution in [1.29, 1.82) is 0 Å². The lowest BCUT2D eigenvalue weighted by Gasteiger charge is -2.26. The van der Waals surface area contributed by atoms with E-state index < -0.39 is 30.4 Å². The van der Waals surface area contributed by atoms with Crippen molar-refractivity contribution in [2.45, 2.75) is 78.0 Å². The van der Waals surface area contributed by atoms with Gasteiger partial charge in [0.25, 0.3) is 0 Å². The van der Waals surface area contributed by atoms with E-state index in [9.17, 15) is 14.4 Å². The molecular formula is C25H39N3O6. The molecule has 3 N–H and O–H groups in total. The molecule has 3 amide bonds. The molecule has 0 bridgehead atoms. The Hall–Kier alpha value is -2.65. The Morgan fingerprint density at radius 3 is 2.18 bits per heavy atom. The number of hydrogen-bond acceptors (Lipinski definition) is 6. The summed E-state index contributed by atoms with van der Waals surface area (Å²) in [6.45, 7) is 8.48. The van der Waals surface area contributed by atoms with E-state index in [0.717, 1.165) is 5.56 Å². The van der Waals surface area contributed by atoms with Crippen LogP contribution < -0.4 is 16.0 Å². The molecule has 1 saturated heterocycles. The third kappa shape index (κ3) is 9.30. The van der Waals surface area contributed by atoms with E-state index in [1.807, 2.05) is 58.0 Å². The predicted molar refractivity (Wildman–Crippen MR) is 128 cm³/mol. The third-order valence-corrected chi connectivity index (χ3v) is 5.47. The van der Waals surface area contributed by atoms with Gasteiger partial charge in [-0.2, -0.15) is 0 Å². The second-order valence-electron chi connectivity index (χ2n) is 9.46. The first-order chi connectivity index (χ1) is 16.2. The summed E-state index contributed by atoms with van der Waals surface area (Å²) < 4.78 is 16.0. The highest BCUT2D eigenvalue weighted by molar-refractivity contribution is 5.91. The fourth-order valence-corrected chi connectivity index (χ4v) is 3.80. The molecule has 2 rings (SSSR count). The Labute approximate surface area is 202 Å². The van der Waals surface area contributed by atoms with Gasteiger partial charge in [-0.05, 0) is 36.7 Å². The molecule has 1 aliphatic heterocycles. The minimum atomic E-state index is -0.827. The van der Waals surface area contributed by atoms with Gasteiger partial charge in [0.2, 0.25) is 11.8 Å². The summed E-state index contributed by atoms with van der Waals surface area (Å²) in [5.41, 5.74) is 0.849. The second kappa shape index (κ2) is 13.9. The van der Waals surface area contributed by atoms with Crippen molar-refractivity contribution in [2.24, 2.45) is 11.8 Å². The summed E-state index contributed by atoms with van der Waals surface area (Å²) >= 11 is 0. The van der Waals surface area contributed by atoms with Crippen LogP contribution in [0.3, 0.4) is 0 Å². The summed E-state index contributed by atoms with van der Waals surface area (Å²) in [7, 11) is 1.53. The van der Waals surface area contributed by atoms with Crippen LogP contribution in [0.4, 0.5) is 4.79 Å². The SMILES string of the molecule is COC1OCC[C@@H]1NC(=O)[C@H](CC(C)C)NC(=O)[C@H](CC(C)C)NC(=O)OCc1ccccc1. The fraction of sp³-hybridized carbons (Fsp3) is 0.640. The number of alkyl carbamates (subject to hydrolysis) is 1. The van der Waals surface area contributed by atoms with E-state index >= 15 is 0 Å². The van der Waals surface area contributed by atoms with Crippen LogP contribution in [0.1, 0.15) is 52.5 Å². The summed E-state index contributed by atoms with van der Waals surface area (Å²) in [5, 5.41) is 8.43. The lowest BCUT2D eigenvalue weighted by atomic mass is 10.00. The molecule has 1 aromatic carbocycles. The van der Waals surface area contributed by atoms with Crippen LogP contribution in [0.25, 0.3) is 0 Å². The Bertz CT molecular complexity index is 786. The van der Waals surface area contributed by atoms with Crippen LogP contribution in [0.2, 0.25) is 0 Å². The first kappa shape index (κ1) is 27.6. The zero-order chi connectivity index (χ0) is 25.1. The maximum Gasteiger partial charge on any atom is 0.408 e. The fourth-order valence-electron chi connectivity index (χ4n) is 3.80. The van der Waals surface area contributed by atoms with Crippen LogP contribution in [0.15, 0.2) is 30.3 Å². The highest BCUT2D eigenvalue weighted by Gasteiger charge is 2.33. The first-order valence-electron chi connectivity index (χ1n) is 11.9. The van der Waals surface area contributed by atoms with E-state index in [2.05, 4.69) is 16.0 Å². The van der Waals surface area contributed by atoms with Gasteiger partial charge < -0.3 is 30.2 Å². The first-order valence-corrected chi connectivity index (χ1v) is 11.9. The standard InChI is InChI=1S/C25H39N3O6/c1-16(2)13-20(22(29)26-19-11-12-33-24(19)32-5)27-23(30)21(14-17(3)4)28-25(31)34-15-18-9-7-6-8-10-18/h6-10,16-17,19-21,24H,11-15H2,1-5H3,(H,26,29)(H,27,30)(H,28,31)/t19-,20-,21-,24?/m0/s1. The van der Waals surface area contributed by atoms with E-state index in [1.54, 1.807) is 0 Å². The number of rotatable bonds is 12. The van der Waals surface area contributed by atoms with Gasteiger partial charge in [-0.25, -0.2) is 4.79 Å². The third-order valence-electron chi connectivity index (χ3n) is 5.47. The molecule has 0 radical (unpaired) electrons. The van der Waals surface area contributed by atoms with Crippen molar-refractivity contribution >= 4 is 17.9 Å². The zero-order valence-electron chi connectivity index (χ0n) is 20.8. The summed E-state index contributed by atoms with van der Waals surface area (Å²) in [4.78, 5) is 38.5. The van der Waals surface area contributed by atoms with Crippen LogP contribution in [-0.4, -0.2) is 56.0 Å². The Morgan fingerprint density at radius 2 is 1.59 bits per heavy atom. The van der Waals surface area contributed by atoms with Crippen molar-refractivity contribution in [3.05, 3.63) is 35.9 Å². The normalized spacial score (nSPS) is 19.5. The van der Waals surface area contributed by atoms with Gasteiger partial charge in [0.05, 0.1) is 12.6 Å². The van der Waals surface area contributed by atoms with Crippen LogP contribution >= 0.6 is 0 Å². The molecule has 9 nitrogen and oxygen atoms in total. The van der Waals surface area contributed by atoms with Crippen LogP contribution in [0, 0.1) is 11.8 Å². The average Bonchev–Trinajstić information content (AvgIpc) is 3.23. The smallest absolute Gasteiger partial charge is 0.408 e. The van der Waals surface area contributed by atoms with E-state index in [0.29, 0.717) is 25.9 Å². The number of hydrogen-bond donors (Lipinski definition) is 3. The lowest BCUT2D eigenvalue weighted by Crippen LogP contribution is -2.56. The number of carbonyl (C=O) groups excluding carboxylic acids is 3. The van der Waals surface area contributed by atoms with Gasteiger partial charge in [-0.15, -0.1) is 0 Å². The van der Waals surface area contributed by atoms with Crippen molar-refractivity contribution in [3.63, 3.8) is 0 Å². The quantitative estimate of drug-likeness (QED) is 0.426. The van der Waals surface area contributed by atoms with Crippen molar-refractivity contribution in [2.75, 3.05) is 13.7 Å². The molecular weight excluding hydrogens is 438 g/mol. The minimum Gasteiger partial charge on any atom is -0.445 e. The molecule has 1 aromatic rings.